The third-order valence-electron chi connectivity index (χ3n) is 19.9. The van der Waals surface area contributed by atoms with E-state index in [1.807, 2.05) is 212 Å². The van der Waals surface area contributed by atoms with E-state index in [2.05, 4.69) is 114 Å². The van der Waals surface area contributed by atoms with Gasteiger partial charge in [0.1, 0.15) is 42.0 Å². The van der Waals surface area contributed by atoms with E-state index in [1.165, 1.54) is 25.1 Å². The van der Waals surface area contributed by atoms with Crippen LogP contribution < -0.4 is 60.3 Å². The van der Waals surface area contributed by atoms with E-state index < -0.39 is 0 Å². The van der Waals surface area contributed by atoms with Crippen molar-refractivity contribution in [2.45, 2.75) is 82.1 Å². The number of aromatic nitrogens is 1. The number of hydrogen-bond donors (Lipinski definition) is 6. The molecule has 6 N–H and O–H groups in total. The molecular formula is C98H117N7O13S10. The van der Waals surface area contributed by atoms with Crippen LogP contribution >= 0.6 is 126 Å². The van der Waals surface area contributed by atoms with Gasteiger partial charge in [0, 0.05) is 119 Å². The van der Waals surface area contributed by atoms with E-state index in [4.69, 9.17) is 59.3 Å². The van der Waals surface area contributed by atoms with E-state index >= 15 is 0 Å². The number of nitrogens with one attached hydrogen (secondary N) is 6. The zero-order valence-electron chi connectivity index (χ0n) is 72.5. The molecule has 128 heavy (non-hydrogen) atoms. The summed E-state index contributed by atoms with van der Waals surface area (Å²) in [6.45, 7) is 7.50. The smallest absolute Gasteiger partial charge is 0.175 e. The van der Waals surface area contributed by atoms with Crippen molar-refractivity contribution in [1.29, 1.82) is 0 Å². The van der Waals surface area contributed by atoms with Gasteiger partial charge in [0.25, 0.3) is 0 Å². The molecule has 0 amide bonds. The van der Waals surface area contributed by atoms with Gasteiger partial charge in [-0.05, 0) is 231 Å². The number of aryl methyl sites for hydroxylation is 1. The van der Waals surface area contributed by atoms with Crippen molar-refractivity contribution < 1.29 is 59.3 Å². The minimum Gasteiger partial charge on any atom is -0.484 e. The van der Waals surface area contributed by atoms with Crippen LogP contribution in [0.25, 0.3) is 65.6 Å². The van der Waals surface area contributed by atoms with Crippen molar-refractivity contribution >= 4 is 192 Å². The molecule has 0 aliphatic carbocycles. The fourth-order valence-electron chi connectivity index (χ4n) is 13.7. The summed E-state index contributed by atoms with van der Waals surface area (Å²) in [4.78, 5) is 9.23. The maximum Gasteiger partial charge on any atom is 0.175 e. The Balaban J connectivity index is 0.000000208. The van der Waals surface area contributed by atoms with E-state index in [9.17, 15) is 0 Å². The third kappa shape index (κ3) is 30.0. The first-order chi connectivity index (χ1) is 60.2. The topological polar surface area (TPSA) is 232 Å². The number of pyridine rings is 1. The summed E-state index contributed by atoms with van der Waals surface area (Å²) < 4.78 is 75.5. The predicted molar refractivity (Wildman–Crippen MR) is 556 cm³/mol. The van der Waals surface area contributed by atoms with Gasteiger partial charge in [0.2, 0.25) is 0 Å². The Hall–Kier alpha value is -9.55. The van der Waals surface area contributed by atoms with Crippen molar-refractivity contribution in [2.75, 3.05) is 81.6 Å². The molecule has 18 aromatic rings. The number of thiophene rings is 4. The molecule has 0 bridgehead atoms. The maximum absolute atomic E-state index is 6.32. The molecule has 18 rings (SSSR count). The van der Waals surface area contributed by atoms with Gasteiger partial charge in [-0.15, -0.1) is 34.0 Å². The summed E-state index contributed by atoms with van der Waals surface area (Å²) in [6, 6.07) is 68.1. The van der Waals surface area contributed by atoms with E-state index in [0.29, 0.717) is 0 Å². The Bertz CT molecular complexity index is 5460. The molecule has 6 aromatic carbocycles. The molecule has 20 nitrogen and oxygen atoms in total. The summed E-state index contributed by atoms with van der Waals surface area (Å²) >= 11 is 6.95. The Labute approximate surface area is 806 Å². The lowest BCUT2D eigenvalue weighted by atomic mass is 10.1. The van der Waals surface area contributed by atoms with Crippen molar-refractivity contribution in [3.05, 3.63) is 327 Å². The summed E-state index contributed by atoms with van der Waals surface area (Å²) in [7, 11) is 11.7. The number of furan rings is 7. The highest BCUT2D eigenvalue weighted by Crippen LogP contribution is 2.40. The fourth-order valence-corrected chi connectivity index (χ4v) is 16.9. The number of benzene rings is 6. The SMILES string of the molecule is CNCC[C@H](Oc1cccc2ccoc12)c1ccc(C)s1.CNCC[C@H](Oc1cccc2ccoc12)c1ccco1.CNCC[C@H](Oc1cccc2ccoc12)c1cccs1.CNCC[C@H](Oc1cccc2ccoc12)c1ccoc1.CNCC[C@H](Oc1cccc2ccoc12)c1ccsc1.CNCC[C@H](Oc1cccc2cnccc12)c1cccs1.S.S.S.S.S.S. The summed E-state index contributed by atoms with van der Waals surface area (Å²) in [5.41, 5.74) is 6.26. The minimum absolute atomic E-state index is 0. The van der Waals surface area contributed by atoms with Crippen LogP contribution in [0, 0.1) is 6.92 Å². The molecule has 0 aliphatic rings. The number of para-hydroxylation sites is 5. The van der Waals surface area contributed by atoms with Crippen LogP contribution in [0.5, 0.6) is 34.5 Å². The Morgan fingerprint density at radius 1 is 0.312 bits per heavy atom. The summed E-state index contributed by atoms with van der Waals surface area (Å²) in [6.07, 6.45) is 22.6. The number of rotatable bonds is 36. The zero-order valence-corrected chi connectivity index (χ0v) is 81.8. The molecule has 12 aromatic heterocycles. The van der Waals surface area contributed by atoms with Gasteiger partial charge in [-0.1, -0.05) is 84.9 Å². The van der Waals surface area contributed by atoms with Gasteiger partial charge in [-0.3, -0.25) is 4.98 Å². The van der Waals surface area contributed by atoms with Crippen molar-refractivity contribution in [3.63, 3.8) is 0 Å². The molecule has 0 aliphatic heterocycles. The molecule has 0 unspecified atom stereocenters. The van der Waals surface area contributed by atoms with Crippen LogP contribution in [0.1, 0.15) is 112 Å². The van der Waals surface area contributed by atoms with Crippen molar-refractivity contribution in [1.82, 2.24) is 36.9 Å². The molecule has 0 fully saturated rings. The number of hydrogen-bond acceptors (Lipinski definition) is 24. The Morgan fingerprint density at radius 3 is 1.05 bits per heavy atom. The Morgan fingerprint density at radius 2 is 0.688 bits per heavy atom. The summed E-state index contributed by atoms with van der Waals surface area (Å²) in [5.74, 6) is 5.67. The van der Waals surface area contributed by atoms with Gasteiger partial charge in [-0.2, -0.15) is 92.3 Å². The average Bonchev–Trinajstić information content (AvgIpc) is 1.73. The van der Waals surface area contributed by atoms with Crippen LogP contribution in [-0.2, 0) is 0 Å². The predicted octanol–water partition coefficient (Wildman–Crippen LogP) is 25.2. The second-order valence-corrected chi connectivity index (χ2v) is 32.5. The maximum atomic E-state index is 6.32. The largest absolute Gasteiger partial charge is 0.484 e. The molecule has 30 heteroatoms. The van der Waals surface area contributed by atoms with E-state index in [0.717, 1.165) is 189 Å². The lowest BCUT2D eigenvalue weighted by Gasteiger charge is -2.19. The van der Waals surface area contributed by atoms with E-state index in [1.54, 1.807) is 95.5 Å². The first-order valence-corrected chi connectivity index (χ1v) is 44.4. The molecule has 682 valence electrons. The van der Waals surface area contributed by atoms with Crippen molar-refractivity contribution in [3.8, 4) is 34.5 Å². The van der Waals surface area contributed by atoms with Crippen LogP contribution in [0.2, 0.25) is 0 Å². The Kier molecular flexibility index (Phi) is 46.8. The third-order valence-corrected chi connectivity index (χ3v) is 23.6. The van der Waals surface area contributed by atoms with Gasteiger partial charge < -0.3 is 91.2 Å². The molecular weight excluding hydrogens is 1800 g/mol. The molecule has 0 saturated heterocycles. The molecule has 0 spiro atoms. The van der Waals surface area contributed by atoms with Crippen LogP contribution in [0.4, 0.5) is 0 Å². The quantitative estimate of drug-likeness (QED) is 0.0214. The van der Waals surface area contributed by atoms with Crippen molar-refractivity contribution in [2.24, 2.45) is 0 Å². The number of fused-ring (bicyclic) bond motifs is 6. The lowest BCUT2D eigenvalue weighted by molar-refractivity contribution is 0.167. The number of nitrogens with zero attached hydrogens (tertiary/aromatic N) is 1. The summed E-state index contributed by atoms with van der Waals surface area (Å²) in [5, 5.41) is 34.9. The van der Waals surface area contributed by atoms with Crippen LogP contribution in [-0.4, -0.2) is 86.5 Å². The molecule has 6 atom stereocenters. The monoisotopic (exact) mass is 1920 g/mol. The van der Waals surface area contributed by atoms with Crippen LogP contribution in [0.15, 0.2) is 321 Å². The van der Waals surface area contributed by atoms with Gasteiger partial charge >= 0.3 is 0 Å². The highest BCUT2D eigenvalue weighted by molar-refractivity contribution is 7.60. The van der Waals surface area contributed by atoms with E-state index in [-0.39, 0.29) is 118 Å². The normalized spacial score (nSPS) is 12.0. The average molecular weight is 1920 g/mol. The highest BCUT2D eigenvalue weighted by atomic mass is 32.1. The first-order valence-electron chi connectivity index (χ1n) is 40.9. The second kappa shape index (κ2) is 56.8. The lowest BCUT2D eigenvalue weighted by Crippen LogP contribution is -2.15. The zero-order chi connectivity index (χ0) is 84.3. The van der Waals surface area contributed by atoms with Gasteiger partial charge in [-0.25, -0.2) is 0 Å². The van der Waals surface area contributed by atoms with Gasteiger partial charge in [0.15, 0.2) is 62.8 Å². The first kappa shape index (κ1) is 105. The molecule has 12 heterocycles. The highest BCUT2D eigenvalue weighted by Gasteiger charge is 2.24. The standard InChI is InChI=1S/C17H18N2OS.C17H19NO2S.2C16H17NO3.2C16H17NO2S.6H2S/c1-18-9-8-16(17-6-3-11-21-17)20-15-5-2-4-13-12-19-10-7-14(13)15;1-12-6-7-16(21-12)14(8-10-18-2)20-15-5-3-4-13-9-11-19-17(13)15;1-17-9-7-14(13-6-3-10-18-13)20-15-5-2-4-12-8-11-19-16(12)15;1-17-8-5-14(13-6-9-18-11-13)20-15-4-2-3-12-7-10-19-16(12)15;1-17-9-7-13(15-6-3-11-20-15)19-14-5-2-4-12-8-10-18-16(12)14;1-17-8-5-14(13-7-10-20-11-13)19-15-4-2-3-12-6-9-18-16(12)15;;;;;;/h2-7,10-12,16,18H,8-9H2,1H3;3-7,9,11,14,18H,8,10H2,1-2H3;2-6,8,10-11,14,17H,7,9H2,1H3;2-4,6-7,9-11,14,17H,5,8H2,1H3;2-6,8,10-11,13,17H,7,9H2,1H3;2-4,6-7,9-11,14,17H,5,8H2,1H3;6*1H2/t16-;3*14-;13-;14-;;;;;;/m000000....../s1. The molecule has 0 radical (unpaired) electrons. The minimum atomic E-state index is -0.131. The fraction of sp³-hybridized carbons (Fsp3) is 0.255. The van der Waals surface area contributed by atoms with Gasteiger partial charge in [0.05, 0.1) is 50.1 Å². The molecule has 0 saturated carbocycles. The number of ether oxygens (including phenoxy) is 6. The second-order valence-electron chi connectivity index (χ2n) is 28.4. The van der Waals surface area contributed by atoms with Crippen LogP contribution in [0.3, 0.4) is 0 Å².